The highest BCUT2D eigenvalue weighted by Crippen LogP contribution is 2.38. The van der Waals surface area contributed by atoms with Crippen molar-refractivity contribution in [3.63, 3.8) is 0 Å². The molecule has 0 aromatic rings. The first-order valence-corrected chi connectivity index (χ1v) is 7.23. The Kier molecular flexibility index (Phi) is 2.95. The summed E-state index contributed by atoms with van der Waals surface area (Å²) in [7, 11) is -3.18. The van der Waals surface area contributed by atoms with Crippen LogP contribution in [0.2, 0.25) is 0 Å². The van der Waals surface area contributed by atoms with Crippen molar-refractivity contribution >= 4 is 9.84 Å². The van der Waals surface area contributed by atoms with Gasteiger partial charge in [0.15, 0.2) is 9.84 Å². The fourth-order valence-electron chi connectivity index (χ4n) is 2.47. The van der Waals surface area contributed by atoms with Crippen molar-refractivity contribution in [1.82, 2.24) is 0 Å². The van der Waals surface area contributed by atoms with Crippen LogP contribution in [0.5, 0.6) is 0 Å². The maximum atomic E-state index is 11.4. The highest BCUT2D eigenvalue weighted by Gasteiger charge is 2.51. The van der Waals surface area contributed by atoms with Crippen molar-refractivity contribution in [2.24, 2.45) is 5.41 Å². The second-order valence-electron chi connectivity index (χ2n) is 4.61. The van der Waals surface area contributed by atoms with E-state index in [1.165, 1.54) is 0 Å². The van der Waals surface area contributed by atoms with E-state index in [1.807, 2.05) is 6.07 Å². The lowest BCUT2D eigenvalue weighted by atomic mass is 9.80. The highest BCUT2D eigenvalue weighted by atomic mass is 32.2. The number of nitriles is 1. The van der Waals surface area contributed by atoms with Gasteiger partial charge in [-0.3, -0.25) is 0 Å². The molecule has 0 bridgehead atoms. The topological polar surface area (TPSA) is 87.4 Å². The van der Waals surface area contributed by atoms with E-state index >= 15 is 0 Å². The Morgan fingerprint density at radius 3 is 2.75 bits per heavy atom. The molecule has 0 aromatic carbocycles. The van der Waals surface area contributed by atoms with Crippen LogP contribution in [0.15, 0.2) is 0 Å². The van der Waals surface area contributed by atoms with Gasteiger partial charge in [0.1, 0.15) is 5.41 Å². The van der Waals surface area contributed by atoms with Crippen LogP contribution in [0.3, 0.4) is 0 Å². The van der Waals surface area contributed by atoms with Gasteiger partial charge in [-0.05, 0) is 19.3 Å². The van der Waals surface area contributed by atoms with Crippen LogP contribution in [0.1, 0.15) is 19.3 Å². The predicted molar refractivity (Wildman–Crippen MR) is 56.3 cm³/mol. The van der Waals surface area contributed by atoms with Crippen molar-refractivity contribution in [3.8, 4) is 6.07 Å². The average Bonchev–Trinajstić information content (AvgIpc) is 2.85. The molecule has 2 saturated heterocycles. The van der Waals surface area contributed by atoms with Crippen molar-refractivity contribution < 1.29 is 18.3 Å². The third kappa shape index (κ3) is 1.95. The highest BCUT2D eigenvalue weighted by molar-refractivity contribution is 7.91. The van der Waals surface area contributed by atoms with Crippen molar-refractivity contribution in [2.75, 3.05) is 18.1 Å². The van der Waals surface area contributed by atoms with Gasteiger partial charge in [-0.25, -0.2) is 8.42 Å². The molecule has 1 N–H and O–H groups in total. The summed E-state index contributed by atoms with van der Waals surface area (Å²) in [5.74, 6) is -0.248. The molecule has 0 amide bonds. The summed E-state index contributed by atoms with van der Waals surface area (Å²) in [6, 6.07) is 2.00. The van der Waals surface area contributed by atoms with E-state index in [0.29, 0.717) is 13.0 Å². The summed E-state index contributed by atoms with van der Waals surface area (Å²) < 4.78 is 28.2. The minimum Gasteiger partial charge on any atom is -0.389 e. The minimum atomic E-state index is -3.18. The summed E-state index contributed by atoms with van der Waals surface area (Å²) >= 11 is 0. The Morgan fingerprint density at radius 1 is 1.56 bits per heavy atom. The summed E-state index contributed by atoms with van der Waals surface area (Å²) in [5, 5.41) is 19.3. The van der Waals surface area contributed by atoms with Gasteiger partial charge in [0.2, 0.25) is 0 Å². The Labute approximate surface area is 94.9 Å². The van der Waals surface area contributed by atoms with Crippen LogP contribution in [-0.4, -0.2) is 43.8 Å². The summed E-state index contributed by atoms with van der Waals surface area (Å²) in [6.07, 6.45) is 0.401. The maximum Gasteiger partial charge on any atom is 0.152 e. The molecule has 0 saturated carbocycles. The number of aliphatic hydroxyl groups is 1. The van der Waals surface area contributed by atoms with Crippen molar-refractivity contribution in [3.05, 3.63) is 0 Å². The van der Waals surface area contributed by atoms with Gasteiger partial charge in [-0.1, -0.05) is 0 Å². The van der Waals surface area contributed by atoms with Gasteiger partial charge in [-0.2, -0.15) is 5.26 Å². The molecule has 3 unspecified atom stereocenters. The molecule has 2 fully saturated rings. The van der Waals surface area contributed by atoms with Gasteiger partial charge >= 0.3 is 0 Å². The van der Waals surface area contributed by atoms with E-state index < -0.39 is 21.4 Å². The predicted octanol–water partition coefficient (Wildman–Crippen LogP) is -0.145. The number of sulfone groups is 1. The lowest BCUT2D eigenvalue weighted by molar-refractivity contribution is -0.0468. The average molecular weight is 245 g/mol. The monoisotopic (exact) mass is 245 g/mol. The van der Waals surface area contributed by atoms with Gasteiger partial charge in [0, 0.05) is 6.61 Å². The van der Waals surface area contributed by atoms with Gasteiger partial charge in [0.05, 0.1) is 29.8 Å². The number of nitrogens with zero attached hydrogens (tertiary/aromatic N) is 1. The van der Waals surface area contributed by atoms with Crippen molar-refractivity contribution in [1.29, 1.82) is 5.26 Å². The first kappa shape index (κ1) is 11.8. The number of rotatable bonds is 2. The zero-order valence-corrected chi connectivity index (χ0v) is 9.74. The smallest absolute Gasteiger partial charge is 0.152 e. The van der Waals surface area contributed by atoms with Gasteiger partial charge in [-0.15, -0.1) is 0 Å². The van der Waals surface area contributed by atoms with Crippen LogP contribution in [0, 0.1) is 16.7 Å². The molecule has 0 aliphatic carbocycles. The number of hydrogen-bond acceptors (Lipinski definition) is 5. The SMILES string of the molecule is N#CC1(C(O)C2CCCO2)CCS(=O)(=O)C1. The molecular formula is C10H15NO4S. The van der Waals surface area contributed by atoms with Crippen LogP contribution in [-0.2, 0) is 14.6 Å². The summed E-state index contributed by atoms with van der Waals surface area (Å²) in [4.78, 5) is 0. The molecular weight excluding hydrogens is 230 g/mol. The largest absolute Gasteiger partial charge is 0.389 e. The molecule has 2 rings (SSSR count). The summed E-state index contributed by atoms with van der Waals surface area (Å²) in [5.41, 5.74) is -1.16. The molecule has 5 nitrogen and oxygen atoms in total. The normalized spacial score (nSPS) is 39.4. The molecule has 6 heteroatoms. The van der Waals surface area contributed by atoms with Crippen LogP contribution in [0.4, 0.5) is 0 Å². The van der Waals surface area contributed by atoms with Crippen molar-refractivity contribution in [2.45, 2.75) is 31.5 Å². The van der Waals surface area contributed by atoms with E-state index in [0.717, 1.165) is 6.42 Å². The molecule has 3 atom stereocenters. The van der Waals surface area contributed by atoms with Crippen LogP contribution < -0.4 is 0 Å². The second-order valence-corrected chi connectivity index (χ2v) is 6.79. The van der Waals surface area contributed by atoms with Crippen LogP contribution in [0.25, 0.3) is 0 Å². The third-order valence-electron chi connectivity index (χ3n) is 3.44. The second kappa shape index (κ2) is 3.99. The minimum absolute atomic E-state index is 0.00958. The van der Waals surface area contributed by atoms with E-state index in [4.69, 9.17) is 10.00 Å². The molecule has 0 radical (unpaired) electrons. The first-order valence-electron chi connectivity index (χ1n) is 5.40. The zero-order valence-electron chi connectivity index (χ0n) is 8.92. The molecule has 90 valence electrons. The van der Waals surface area contributed by atoms with Gasteiger partial charge in [0.25, 0.3) is 0 Å². The summed E-state index contributed by atoms with van der Waals surface area (Å²) in [6.45, 7) is 0.579. The van der Waals surface area contributed by atoms with E-state index in [1.54, 1.807) is 0 Å². The zero-order chi connectivity index (χ0) is 11.8. The van der Waals surface area contributed by atoms with E-state index in [-0.39, 0.29) is 24.0 Å². The molecule has 16 heavy (non-hydrogen) atoms. The standard InChI is InChI=1S/C10H15NO4S/c11-6-10(3-5-16(13,14)7-10)9(12)8-2-1-4-15-8/h8-9,12H,1-5,7H2. The Bertz CT molecular complexity index is 407. The maximum absolute atomic E-state index is 11.4. The van der Waals surface area contributed by atoms with Crippen LogP contribution >= 0.6 is 0 Å². The van der Waals surface area contributed by atoms with Gasteiger partial charge < -0.3 is 9.84 Å². The first-order chi connectivity index (χ1) is 7.49. The fourth-order valence-corrected chi connectivity index (χ4v) is 4.45. The Hall–Kier alpha value is -0.640. The lowest BCUT2D eigenvalue weighted by Gasteiger charge is -2.29. The molecule has 0 aromatic heterocycles. The molecule has 0 spiro atoms. The molecule has 2 aliphatic rings. The quantitative estimate of drug-likeness (QED) is 0.731. The Morgan fingerprint density at radius 2 is 2.31 bits per heavy atom. The van der Waals surface area contributed by atoms with E-state index in [2.05, 4.69) is 0 Å². The lowest BCUT2D eigenvalue weighted by Crippen LogP contribution is -2.43. The number of ether oxygens (including phenoxy) is 1. The number of hydrogen-bond donors (Lipinski definition) is 1. The fraction of sp³-hybridized carbons (Fsp3) is 0.900. The molecule has 2 heterocycles. The third-order valence-corrected chi connectivity index (χ3v) is 5.22. The molecule has 2 aliphatic heterocycles. The Balaban J connectivity index is 2.19. The number of aliphatic hydroxyl groups excluding tert-OH is 1. The van der Waals surface area contributed by atoms with E-state index in [9.17, 15) is 13.5 Å².